The van der Waals surface area contributed by atoms with Crippen LogP contribution in [0.2, 0.25) is 5.02 Å². The summed E-state index contributed by atoms with van der Waals surface area (Å²) in [6.07, 6.45) is 2.24. The fraction of sp³-hybridized carbons (Fsp3) is 0.533. The highest BCUT2D eigenvalue weighted by atomic mass is 35.5. The van der Waals surface area contributed by atoms with Crippen LogP contribution in [0.5, 0.6) is 5.75 Å². The van der Waals surface area contributed by atoms with Crippen molar-refractivity contribution in [2.75, 3.05) is 19.7 Å². The lowest BCUT2D eigenvalue weighted by Crippen LogP contribution is -2.36. The number of carbonyl (C=O) groups is 1. The Morgan fingerprint density at radius 3 is 2.75 bits per heavy atom. The normalized spacial score (nSPS) is 28.5. The molecule has 0 bridgehead atoms. The molecular weight excluding hydrogens is 276 g/mol. The van der Waals surface area contributed by atoms with E-state index in [0.717, 1.165) is 25.9 Å². The van der Waals surface area contributed by atoms with Crippen molar-refractivity contribution in [1.82, 2.24) is 4.90 Å². The number of fused-ring (bicyclic) bond motifs is 1. The number of benzene rings is 1. The van der Waals surface area contributed by atoms with Crippen LogP contribution < -0.4 is 10.5 Å². The Bertz CT molecular complexity index is 491. The first kappa shape index (κ1) is 13.7. The first-order valence-electron chi connectivity index (χ1n) is 7.05. The number of nitrogens with zero attached hydrogens (tertiary/aromatic N) is 1. The second-order valence-electron chi connectivity index (χ2n) is 5.71. The topological polar surface area (TPSA) is 55.6 Å². The van der Waals surface area contributed by atoms with Gasteiger partial charge in [0, 0.05) is 24.2 Å². The molecule has 1 aromatic carbocycles. The molecule has 1 aliphatic heterocycles. The molecule has 108 valence electrons. The Kier molecular flexibility index (Phi) is 3.85. The van der Waals surface area contributed by atoms with Crippen LogP contribution in [0.4, 0.5) is 0 Å². The lowest BCUT2D eigenvalue weighted by Gasteiger charge is -2.19. The number of hydrogen-bond donors (Lipinski definition) is 1. The van der Waals surface area contributed by atoms with Gasteiger partial charge in [-0.3, -0.25) is 4.79 Å². The maximum atomic E-state index is 12.2. The number of rotatable bonds is 3. The summed E-state index contributed by atoms with van der Waals surface area (Å²) in [5, 5.41) is 0.657. The van der Waals surface area contributed by atoms with E-state index < -0.39 is 0 Å². The van der Waals surface area contributed by atoms with E-state index in [4.69, 9.17) is 22.1 Å². The first-order valence-corrected chi connectivity index (χ1v) is 7.43. The van der Waals surface area contributed by atoms with Crippen molar-refractivity contribution in [3.8, 4) is 5.75 Å². The highest BCUT2D eigenvalue weighted by Crippen LogP contribution is 2.37. The Balaban J connectivity index is 1.52. The van der Waals surface area contributed by atoms with E-state index in [9.17, 15) is 4.79 Å². The predicted molar refractivity (Wildman–Crippen MR) is 77.7 cm³/mol. The van der Waals surface area contributed by atoms with Crippen molar-refractivity contribution < 1.29 is 9.53 Å². The van der Waals surface area contributed by atoms with Crippen LogP contribution in [0.3, 0.4) is 0 Å². The Hall–Kier alpha value is -1.26. The van der Waals surface area contributed by atoms with Crippen molar-refractivity contribution >= 4 is 17.5 Å². The van der Waals surface area contributed by atoms with Gasteiger partial charge in [-0.25, -0.2) is 0 Å². The van der Waals surface area contributed by atoms with Crippen molar-refractivity contribution in [3.63, 3.8) is 0 Å². The standard InChI is InChI=1S/C15H19ClN2O2/c16-11-2-4-12(5-3-11)20-9-15(19)18-7-10-1-6-14(17)13(10)8-18/h2-5,10,13-14H,1,6-9,17H2. The minimum atomic E-state index is 0.0431. The summed E-state index contributed by atoms with van der Waals surface area (Å²) in [5.74, 6) is 1.78. The van der Waals surface area contributed by atoms with E-state index >= 15 is 0 Å². The van der Waals surface area contributed by atoms with Crippen LogP contribution in [-0.4, -0.2) is 36.5 Å². The highest BCUT2D eigenvalue weighted by Gasteiger charge is 2.42. The summed E-state index contributed by atoms with van der Waals surface area (Å²) in [4.78, 5) is 14.1. The van der Waals surface area contributed by atoms with Gasteiger partial charge in [-0.1, -0.05) is 11.6 Å². The zero-order chi connectivity index (χ0) is 14.1. The summed E-state index contributed by atoms with van der Waals surface area (Å²) >= 11 is 5.80. The zero-order valence-electron chi connectivity index (χ0n) is 11.3. The molecule has 1 saturated heterocycles. The number of hydrogen-bond acceptors (Lipinski definition) is 3. The molecule has 3 rings (SSSR count). The number of carbonyl (C=O) groups excluding carboxylic acids is 1. The minimum Gasteiger partial charge on any atom is -0.484 e. The van der Waals surface area contributed by atoms with Crippen LogP contribution in [0.15, 0.2) is 24.3 Å². The monoisotopic (exact) mass is 294 g/mol. The molecule has 4 nitrogen and oxygen atoms in total. The zero-order valence-corrected chi connectivity index (χ0v) is 12.1. The molecule has 1 heterocycles. The first-order chi connectivity index (χ1) is 9.63. The number of nitrogens with two attached hydrogens (primary N) is 1. The predicted octanol–water partition coefficient (Wildman–Crippen LogP) is 1.91. The summed E-state index contributed by atoms with van der Waals surface area (Å²) in [6, 6.07) is 7.30. The number of halogens is 1. The SMILES string of the molecule is NC1CCC2CN(C(=O)COc3ccc(Cl)cc3)CC12. The molecule has 0 aromatic heterocycles. The van der Waals surface area contributed by atoms with Gasteiger partial charge in [0.2, 0.25) is 0 Å². The van der Waals surface area contributed by atoms with Gasteiger partial charge >= 0.3 is 0 Å². The van der Waals surface area contributed by atoms with Gasteiger partial charge in [-0.15, -0.1) is 0 Å². The largest absolute Gasteiger partial charge is 0.484 e. The molecule has 5 heteroatoms. The third-order valence-corrected chi connectivity index (χ3v) is 4.69. The van der Waals surface area contributed by atoms with Gasteiger partial charge in [0.1, 0.15) is 5.75 Å². The Labute approximate surface area is 123 Å². The van der Waals surface area contributed by atoms with Gasteiger partial charge in [0.05, 0.1) is 0 Å². The molecule has 2 aliphatic rings. The molecule has 0 spiro atoms. The molecule has 3 unspecified atom stereocenters. The molecule has 1 aliphatic carbocycles. The van der Waals surface area contributed by atoms with Gasteiger partial charge in [-0.2, -0.15) is 0 Å². The molecule has 2 N–H and O–H groups in total. The molecule has 20 heavy (non-hydrogen) atoms. The lowest BCUT2D eigenvalue weighted by atomic mass is 9.98. The summed E-state index contributed by atoms with van der Waals surface area (Å²) in [5.41, 5.74) is 6.08. The molecule has 1 amide bonds. The van der Waals surface area contributed by atoms with Crippen molar-refractivity contribution in [1.29, 1.82) is 0 Å². The number of ether oxygens (including phenoxy) is 1. The van der Waals surface area contributed by atoms with Crippen LogP contribution in [0.25, 0.3) is 0 Å². The number of likely N-dealkylation sites (tertiary alicyclic amines) is 1. The quantitative estimate of drug-likeness (QED) is 0.926. The third-order valence-electron chi connectivity index (χ3n) is 4.44. The molecule has 2 fully saturated rings. The molecular formula is C15H19ClN2O2. The minimum absolute atomic E-state index is 0.0431. The Morgan fingerprint density at radius 2 is 2.05 bits per heavy atom. The molecule has 1 saturated carbocycles. The average Bonchev–Trinajstić information content (AvgIpc) is 3.01. The van der Waals surface area contributed by atoms with Crippen LogP contribution in [-0.2, 0) is 4.79 Å². The van der Waals surface area contributed by atoms with E-state index in [-0.39, 0.29) is 18.6 Å². The van der Waals surface area contributed by atoms with Crippen LogP contribution >= 0.6 is 11.6 Å². The summed E-state index contributed by atoms with van der Waals surface area (Å²) in [7, 11) is 0. The van der Waals surface area contributed by atoms with E-state index in [0.29, 0.717) is 22.6 Å². The van der Waals surface area contributed by atoms with E-state index in [1.54, 1.807) is 24.3 Å². The Morgan fingerprint density at radius 1 is 1.30 bits per heavy atom. The second kappa shape index (κ2) is 5.62. The fourth-order valence-corrected chi connectivity index (χ4v) is 3.40. The smallest absolute Gasteiger partial charge is 0.260 e. The van der Waals surface area contributed by atoms with Crippen molar-refractivity contribution in [2.24, 2.45) is 17.6 Å². The van der Waals surface area contributed by atoms with E-state index in [1.807, 2.05) is 4.90 Å². The molecule has 1 aromatic rings. The second-order valence-corrected chi connectivity index (χ2v) is 6.14. The van der Waals surface area contributed by atoms with Gasteiger partial charge < -0.3 is 15.4 Å². The van der Waals surface area contributed by atoms with Gasteiger partial charge in [0.25, 0.3) is 5.91 Å². The number of amides is 1. The van der Waals surface area contributed by atoms with Crippen LogP contribution in [0, 0.1) is 11.8 Å². The van der Waals surface area contributed by atoms with Crippen LogP contribution in [0.1, 0.15) is 12.8 Å². The third kappa shape index (κ3) is 2.76. The molecule has 3 atom stereocenters. The fourth-order valence-electron chi connectivity index (χ4n) is 3.28. The summed E-state index contributed by atoms with van der Waals surface area (Å²) in [6.45, 7) is 1.70. The van der Waals surface area contributed by atoms with Gasteiger partial charge in [-0.05, 0) is 48.9 Å². The summed E-state index contributed by atoms with van der Waals surface area (Å²) < 4.78 is 5.50. The lowest BCUT2D eigenvalue weighted by molar-refractivity contribution is -0.132. The van der Waals surface area contributed by atoms with E-state index in [2.05, 4.69) is 0 Å². The average molecular weight is 295 g/mol. The maximum Gasteiger partial charge on any atom is 0.260 e. The van der Waals surface area contributed by atoms with Gasteiger partial charge in [0.15, 0.2) is 6.61 Å². The molecule has 0 radical (unpaired) electrons. The maximum absolute atomic E-state index is 12.2. The highest BCUT2D eigenvalue weighted by molar-refractivity contribution is 6.30. The van der Waals surface area contributed by atoms with Crippen molar-refractivity contribution in [2.45, 2.75) is 18.9 Å². The van der Waals surface area contributed by atoms with Crippen molar-refractivity contribution in [3.05, 3.63) is 29.3 Å². The van der Waals surface area contributed by atoms with E-state index in [1.165, 1.54) is 0 Å².